The molecule has 188 valence electrons. The number of rotatable bonds is 11. The molecule has 0 amide bonds. The number of carbonyl (C=O) groups is 2. The van der Waals surface area contributed by atoms with E-state index in [9.17, 15) is 22.8 Å². The van der Waals surface area contributed by atoms with Gasteiger partial charge >= 0.3 is 12.1 Å². The average Bonchev–Trinajstić information content (AvgIpc) is 3.50. The number of aryl methyl sites for hydroxylation is 2. The fourth-order valence-electron chi connectivity index (χ4n) is 3.34. The number of thiophene rings is 1. The molecular weight excluding hydrogens is 467 g/mol. The number of carbonyl (C=O) groups excluding carboxylic acids is 1. The van der Waals surface area contributed by atoms with Gasteiger partial charge in [0.2, 0.25) is 0 Å². The standard InChI is InChI=1S/C19H21F3OS.C6H11NO3/c1-3-4-14-9-15(8-5-12(14)2)23-11-16-10-17(13-6-7-13)18(24-16)19(20,21)22;1-5(8)4-7-3-2-6(9)10/h5,8-10,13H,3-4,6-7,11H2,1-2H3;7H,2-4H2,1H3,(H,9,10). The number of carboxylic acid groups (broad SMARTS) is 1. The molecule has 0 unspecified atom stereocenters. The topological polar surface area (TPSA) is 75.6 Å². The number of Topliss-reactive ketones (excluding diaryl/α,β-unsaturated/α-hetero) is 1. The number of alkyl halides is 3. The minimum Gasteiger partial charge on any atom is -0.488 e. The number of nitrogens with one attached hydrogen (secondary N) is 1. The van der Waals surface area contributed by atoms with Gasteiger partial charge in [0.25, 0.3) is 0 Å². The maximum absolute atomic E-state index is 13.2. The monoisotopic (exact) mass is 499 g/mol. The quantitative estimate of drug-likeness (QED) is 0.364. The van der Waals surface area contributed by atoms with Gasteiger partial charge in [0.15, 0.2) is 0 Å². The summed E-state index contributed by atoms with van der Waals surface area (Å²) in [5.74, 6) is -0.0254. The maximum atomic E-state index is 13.2. The Morgan fingerprint density at radius 2 is 1.94 bits per heavy atom. The Bertz CT molecular complexity index is 952. The number of benzene rings is 1. The summed E-state index contributed by atoms with van der Waals surface area (Å²) in [6, 6.07) is 7.57. The smallest absolute Gasteiger partial charge is 0.425 e. The molecule has 0 radical (unpaired) electrons. The fraction of sp³-hybridized carbons (Fsp3) is 0.520. The zero-order valence-corrected chi connectivity index (χ0v) is 20.6. The van der Waals surface area contributed by atoms with E-state index in [0.29, 0.717) is 17.0 Å². The molecule has 2 N–H and O–H groups in total. The molecule has 0 spiro atoms. The van der Waals surface area contributed by atoms with Crippen molar-refractivity contribution in [3.63, 3.8) is 0 Å². The summed E-state index contributed by atoms with van der Waals surface area (Å²) in [6.45, 7) is 6.44. The minimum atomic E-state index is -4.26. The lowest BCUT2D eigenvalue weighted by atomic mass is 10.0. The van der Waals surface area contributed by atoms with Crippen LogP contribution in [0, 0.1) is 6.92 Å². The Balaban J connectivity index is 0.000000347. The number of carboxylic acids is 1. The molecule has 3 rings (SSSR count). The van der Waals surface area contributed by atoms with Gasteiger partial charge in [-0.25, -0.2) is 0 Å². The summed E-state index contributed by atoms with van der Waals surface area (Å²) in [5, 5.41) is 10.8. The first-order chi connectivity index (χ1) is 16.0. The van der Waals surface area contributed by atoms with E-state index in [1.807, 2.05) is 18.2 Å². The average molecular weight is 500 g/mol. The van der Waals surface area contributed by atoms with Crippen LogP contribution in [-0.2, 0) is 28.8 Å². The van der Waals surface area contributed by atoms with Crippen LogP contribution in [0.1, 0.15) is 71.9 Å². The van der Waals surface area contributed by atoms with Crippen molar-refractivity contribution >= 4 is 23.1 Å². The molecular formula is C25H32F3NO4S. The van der Waals surface area contributed by atoms with Crippen LogP contribution in [0.3, 0.4) is 0 Å². The molecule has 1 aliphatic carbocycles. The van der Waals surface area contributed by atoms with Crippen molar-refractivity contribution in [1.29, 1.82) is 0 Å². The third kappa shape index (κ3) is 9.46. The normalized spacial score (nSPS) is 13.2. The third-order valence-electron chi connectivity index (χ3n) is 5.20. The van der Waals surface area contributed by atoms with Gasteiger partial charge in [-0.2, -0.15) is 13.2 Å². The largest absolute Gasteiger partial charge is 0.488 e. The Morgan fingerprint density at radius 3 is 2.50 bits per heavy atom. The van der Waals surface area contributed by atoms with Gasteiger partial charge < -0.3 is 15.2 Å². The lowest BCUT2D eigenvalue weighted by molar-refractivity contribution is -0.137. The zero-order chi connectivity index (χ0) is 25.3. The van der Waals surface area contributed by atoms with Crippen LogP contribution in [0.25, 0.3) is 0 Å². The van der Waals surface area contributed by atoms with E-state index in [0.717, 1.165) is 42.8 Å². The summed E-state index contributed by atoms with van der Waals surface area (Å²) in [6.07, 6.45) is -0.454. The van der Waals surface area contributed by atoms with Crippen molar-refractivity contribution in [2.75, 3.05) is 13.1 Å². The van der Waals surface area contributed by atoms with Crippen molar-refractivity contribution < 1.29 is 32.6 Å². The van der Waals surface area contributed by atoms with Crippen molar-refractivity contribution in [2.45, 2.75) is 71.6 Å². The minimum absolute atomic E-state index is 0.0189. The summed E-state index contributed by atoms with van der Waals surface area (Å²) in [4.78, 5) is 20.4. The third-order valence-corrected chi connectivity index (χ3v) is 6.37. The molecule has 2 aromatic rings. The van der Waals surface area contributed by atoms with E-state index in [2.05, 4.69) is 19.2 Å². The number of aliphatic carboxylic acids is 1. The molecule has 5 nitrogen and oxygen atoms in total. The van der Waals surface area contributed by atoms with Crippen molar-refractivity contribution in [1.82, 2.24) is 5.32 Å². The SMILES string of the molecule is CC(=O)CNCCC(=O)O.CCCc1cc(OCc2cc(C3CC3)c(C(F)(F)F)s2)ccc1C. The summed E-state index contributed by atoms with van der Waals surface area (Å²) >= 11 is 0.822. The number of hydrogen-bond acceptors (Lipinski definition) is 5. The van der Waals surface area contributed by atoms with Crippen LogP contribution >= 0.6 is 11.3 Å². The molecule has 1 fully saturated rings. The Kier molecular flexibility index (Phi) is 10.6. The van der Waals surface area contributed by atoms with Crippen LogP contribution in [0.2, 0.25) is 0 Å². The first-order valence-corrected chi connectivity index (χ1v) is 12.2. The van der Waals surface area contributed by atoms with Crippen LogP contribution in [0.4, 0.5) is 13.2 Å². The Labute approximate surface area is 202 Å². The van der Waals surface area contributed by atoms with Crippen LogP contribution in [0.15, 0.2) is 24.3 Å². The number of ketones is 1. The number of halogens is 3. The van der Waals surface area contributed by atoms with E-state index in [-0.39, 0.29) is 31.3 Å². The highest BCUT2D eigenvalue weighted by Gasteiger charge is 2.40. The highest BCUT2D eigenvalue weighted by atomic mass is 32.1. The molecule has 0 saturated heterocycles. The van der Waals surface area contributed by atoms with E-state index in [1.165, 1.54) is 18.1 Å². The summed E-state index contributed by atoms with van der Waals surface area (Å²) < 4.78 is 45.3. The van der Waals surface area contributed by atoms with Crippen molar-refractivity contribution in [3.05, 3.63) is 50.7 Å². The molecule has 0 bridgehead atoms. The highest BCUT2D eigenvalue weighted by molar-refractivity contribution is 7.12. The number of hydrogen-bond donors (Lipinski definition) is 2. The first-order valence-electron chi connectivity index (χ1n) is 11.3. The van der Waals surface area contributed by atoms with E-state index < -0.39 is 17.0 Å². The van der Waals surface area contributed by atoms with E-state index in [4.69, 9.17) is 9.84 Å². The van der Waals surface area contributed by atoms with Gasteiger partial charge in [-0.05, 0) is 73.9 Å². The second kappa shape index (κ2) is 12.9. The molecule has 0 aliphatic heterocycles. The molecule has 1 aromatic heterocycles. The molecule has 34 heavy (non-hydrogen) atoms. The van der Waals surface area contributed by atoms with E-state index >= 15 is 0 Å². The highest BCUT2D eigenvalue weighted by Crippen LogP contribution is 2.49. The lowest BCUT2D eigenvalue weighted by Gasteiger charge is -2.09. The molecule has 1 aliphatic rings. The lowest BCUT2D eigenvalue weighted by Crippen LogP contribution is -2.23. The maximum Gasteiger partial charge on any atom is 0.425 e. The molecule has 1 aromatic carbocycles. The van der Waals surface area contributed by atoms with Crippen LogP contribution in [-0.4, -0.2) is 29.9 Å². The van der Waals surface area contributed by atoms with E-state index in [1.54, 1.807) is 6.07 Å². The zero-order valence-electron chi connectivity index (χ0n) is 19.8. The second-order valence-corrected chi connectivity index (χ2v) is 9.56. The van der Waals surface area contributed by atoms with Gasteiger partial charge in [0, 0.05) is 11.4 Å². The predicted octanol–water partition coefficient (Wildman–Crippen LogP) is 6.12. The van der Waals surface area contributed by atoms with Gasteiger partial charge in [0.05, 0.1) is 13.0 Å². The summed E-state index contributed by atoms with van der Waals surface area (Å²) in [5.41, 5.74) is 2.91. The van der Waals surface area contributed by atoms with Crippen molar-refractivity contribution in [3.8, 4) is 5.75 Å². The van der Waals surface area contributed by atoms with Gasteiger partial charge in [-0.3, -0.25) is 9.59 Å². The van der Waals surface area contributed by atoms with Gasteiger partial charge in [-0.1, -0.05) is 19.4 Å². The fourth-order valence-corrected chi connectivity index (χ4v) is 4.36. The van der Waals surface area contributed by atoms with Crippen molar-refractivity contribution in [2.24, 2.45) is 0 Å². The Morgan fingerprint density at radius 1 is 1.24 bits per heavy atom. The number of ether oxygens (including phenoxy) is 1. The van der Waals surface area contributed by atoms with Gasteiger partial charge in [0.1, 0.15) is 23.0 Å². The van der Waals surface area contributed by atoms with Crippen LogP contribution in [0.5, 0.6) is 5.75 Å². The molecule has 1 heterocycles. The molecule has 1 saturated carbocycles. The van der Waals surface area contributed by atoms with Crippen LogP contribution < -0.4 is 10.1 Å². The van der Waals surface area contributed by atoms with Gasteiger partial charge in [-0.15, -0.1) is 11.3 Å². The molecule has 0 atom stereocenters. The molecule has 9 heteroatoms. The first kappa shape index (κ1) is 27.9. The summed E-state index contributed by atoms with van der Waals surface area (Å²) in [7, 11) is 0. The predicted molar refractivity (Wildman–Crippen MR) is 127 cm³/mol. The second-order valence-electron chi connectivity index (χ2n) is 8.42. The Hall–Kier alpha value is -2.39.